The van der Waals surface area contributed by atoms with Gasteiger partial charge in [-0.25, -0.2) is 4.39 Å². The molecule has 0 aromatic heterocycles. The van der Waals surface area contributed by atoms with Crippen LogP contribution in [0.3, 0.4) is 0 Å². The lowest BCUT2D eigenvalue weighted by Crippen LogP contribution is -2.12. The van der Waals surface area contributed by atoms with Gasteiger partial charge in [-0.2, -0.15) is 0 Å². The first-order valence-corrected chi connectivity index (χ1v) is 5.81. The molecule has 1 aliphatic carbocycles. The monoisotopic (exact) mass is 224 g/mol. The Morgan fingerprint density at radius 1 is 1.38 bits per heavy atom. The molecule has 1 saturated carbocycles. The summed E-state index contributed by atoms with van der Waals surface area (Å²) in [6.45, 7) is 1.62. The van der Waals surface area contributed by atoms with E-state index in [1.54, 1.807) is 19.1 Å². The molecule has 1 atom stereocenters. The standard InChI is InChI=1S/C13H17FO2/c1-9(15)10-6-7-13(12(14)8-10)16-11-4-2-3-5-11/h6-9,11,15H,2-5H2,1H3. The summed E-state index contributed by atoms with van der Waals surface area (Å²) in [4.78, 5) is 0. The lowest BCUT2D eigenvalue weighted by molar-refractivity contribution is 0.193. The van der Waals surface area contributed by atoms with Crippen molar-refractivity contribution in [1.82, 2.24) is 0 Å². The SMILES string of the molecule is CC(O)c1ccc(OC2CCCC2)c(F)c1. The topological polar surface area (TPSA) is 29.5 Å². The molecule has 0 spiro atoms. The second-order valence-electron chi connectivity index (χ2n) is 4.39. The second-order valence-corrected chi connectivity index (χ2v) is 4.39. The van der Waals surface area contributed by atoms with Crippen LogP contribution < -0.4 is 4.74 Å². The van der Waals surface area contributed by atoms with E-state index in [1.165, 1.54) is 6.07 Å². The van der Waals surface area contributed by atoms with Crippen molar-refractivity contribution in [2.45, 2.75) is 44.8 Å². The fraction of sp³-hybridized carbons (Fsp3) is 0.538. The van der Waals surface area contributed by atoms with E-state index in [0.29, 0.717) is 11.3 Å². The van der Waals surface area contributed by atoms with Crippen molar-refractivity contribution in [1.29, 1.82) is 0 Å². The van der Waals surface area contributed by atoms with Gasteiger partial charge >= 0.3 is 0 Å². The minimum atomic E-state index is -0.643. The molecule has 1 unspecified atom stereocenters. The first kappa shape index (κ1) is 11.4. The molecule has 2 rings (SSSR count). The summed E-state index contributed by atoms with van der Waals surface area (Å²) in [5.74, 6) is -0.0819. The third-order valence-electron chi connectivity index (χ3n) is 3.03. The van der Waals surface area contributed by atoms with Gasteiger partial charge in [0.15, 0.2) is 11.6 Å². The molecule has 88 valence electrons. The summed E-state index contributed by atoms with van der Waals surface area (Å²) < 4.78 is 19.2. The van der Waals surface area contributed by atoms with Crippen LogP contribution in [0.1, 0.15) is 44.3 Å². The number of hydrogen-bond donors (Lipinski definition) is 1. The minimum Gasteiger partial charge on any atom is -0.487 e. The normalized spacial score (nSPS) is 18.7. The zero-order chi connectivity index (χ0) is 11.5. The van der Waals surface area contributed by atoms with Crippen molar-refractivity contribution < 1.29 is 14.2 Å². The molecule has 16 heavy (non-hydrogen) atoms. The summed E-state index contributed by atoms with van der Waals surface area (Å²) in [6.07, 6.45) is 3.87. The fourth-order valence-corrected chi connectivity index (χ4v) is 2.06. The fourth-order valence-electron chi connectivity index (χ4n) is 2.06. The molecule has 0 amide bonds. The summed E-state index contributed by atoms with van der Waals surface area (Å²) in [5.41, 5.74) is 0.580. The Kier molecular flexibility index (Phi) is 3.44. The van der Waals surface area contributed by atoms with Crippen LogP contribution in [0, 0.1) is 5.82 Å². The zero-order valence-electron chi connectivity index (χ0n) is 9.45. The molecule has 1 fully saturated rings. The van der Waals surface area contributed by atoms with Gasteiger partial charge < -0.3 is 9.84 Å². The van der Waals surface area contributed by atoms with Crippen molar-refractivity contribution in [3.05, 3.63) is 29.6 Å². The maximum Gasteiger partial charge on any atom is 0.165 e. The largest absolute Gasteiger partial charge is 0.487 e. The van der Waals surface area contributed by atoms with Gasteiger partial charge in [0, 0.05) is 0 Å². The maximum atomic E-state index is 13.6. The molecule has 1 aromatic rings. The van der Waals surface area contributed by atoms with Crippen LogP contribution in [-0.4, -0.2) is 11.2 Å². The highest BCUT2D eigenvalue weighted by Crippen LogP contribution is 2.27. The molecule has 0 aliphatic heterocycles. The van der Waals surface area contributed by atoms with Crippen LogP contribution in [0.15, 0.2) is 18.2 Å². The Labute approximate surface area is 95.1 Å². The summed E-state index contributed by atoms with van der Waals surface area (Å²) in [6, 6.07) is 4.66. The summed E-state index contributed by atoms with van der Waals surface area (Å²) in [7, 11) is 0. The van der Waals surface area contributed by atoms with E-state index in [9.17, 15) is 9.50 Å². The van der Waals surface area contributed by atoms with E-state index in [4.69, 9.17) is 4.74 Å². The van der Waals surface area contributed by atoms with E-state index >= 15 is 0 Å². The van der Waals surface area contributed by atoms with Gasteiger partial charge in [-0.3, -0.25) is 0 Å². The highest BCUT2D eigenvalue weighted by molar-refractivity contribution is 5.30. The number of halogens is 1. The van der Waals surface area contributed by atoms with Gasteiger partial charge in [-0.15, -0.1) is 0 Å². The van der Waals surface area contributed by atoms with Crippen LogP contribution in [0.4, 0.5) is 4.39 Å². The van der Waals surface area contributed by atoms with Gasteiger partial charge in [0.2, 0.25) is 0 Å². The molecule has 1 N–H and O–H groups in total. The molecule has 0 heterocycles. The second kappa shape index (κ2) is 4.83. The quantitative estimate of drug-likeness (QED) is 0.854. The van der Waals surface area contributed by atoms with Gasteiger partial charge in [0.05, 0.1) is 12.2 Å². The van der Waals surface area contributed by atoms with E-state index < -0.39 is 6.10 Å². The summed E-state index contributed by atoms with van der Waals surface area (Å²) in [5, 5.41) is 9.32. The Bertz CT molecular complexity index is 357. The van der Waals surface area contributed by atoms with Crippen molar-refractivity contribution >= 4 is 0 Å². The Morgan fingerprint density at radius 3 is 2.62 bits per heavy atom. The van der Waals surface area contributed by atoms with Crippen molar-refractivity contribution in [2.75, 3.05) is 0 Å². The van der Waals surface area contributed by atoms with E-state index in [2.05, 4.69) is 0 Å². The van der Waals surface area contributed by atoms with Crippen LogP contribution in [-0.2, 0) is 0 Å². The van der Waals surface area contributed by atoms with Crippen LogP contribution in [0.5, 0.6) is 5.75 Å². The highest BCUT2D eigenvalue weighted by Gasteiger charge is 2.18. The maximum absolute atomic E-state index is 13.6. The molecular formula is C13H17FO2. The number of aliphatic hydroxyl groups excluding tert-OH is 1. The lowest BCUT2D eigenvalue weighted by Gasteiger charge is -2.14. The van der Waals surface area contributed by atoms with Crippen molar-refractivity contribution in [3.63, 3.8) is 0 Å². The first-order chi connectivity index (χ1) is 7.66. The summed E-state index contributed by atoms with van der Waals surface area (Å²) >= 11 is 0. The smallest absolute Gasteiger partial charge is 0.165 e. The third-order valence-corrected chi connectivity index (χ3v) is 3.03. The van der Waals surface area contributed by atoms with Crippen LogP contribution in [0.25, 0.3) is 0 Å². The first-order valence-electron chi connectivity index (χ1n) is 5.81. The molecular weight excluding hydrogens is 207 g/mol. The van der Waals surface area contributed by atoms with E-state index in [0.717, 1.165) is 25.7 Å². The molecule has 3 heteroatoms. The van der Waals surface area contributed by atoms with Gasteiger partial charge in [0.1, 0.15) is 0 Å². The number of aliphatic hydroxyl groups is 1. The molecule has 1 aromatic carbocycles. The Hall–Kier alpha value is -1.09. The van der Waals surface area contributed by atoms with Crippen LogP contribution in [0.2, 0.25) is 0 Å². The number of hydrogen-bond acceptors (Lipinski definition) is 2. The lowest BCUT2D eigenvalue weighted by atomic mass is 10.1. The minimum absolute atomic E-state index is 0.159. The van der Waals surface area contributed by atoms with Gasteiger partial charge in [0.25, 0.3) is 0 Å². The molecule has 0 radical (unpaired) electrons. The Balaban J connectivity index is 2.09. The molecule has 2 nitrogen and oxygen atoms in total. The van der Waals surface area contributed by atoms with E-state index in [-0.39, 0.29) is 11.9 Å². The van der Waals surface area contributed by atoms with Gasteiger partial charge in [-0.1, -0.05) is 6.07 Å². The average molecular weight is 224 g/mol. The third kappa shape index (κ3) is 2.53. The van der Waals surface area contributed by atoms with Gasteiger partial charge in [-0.05, 0) is 50.3 Å². The molecule has 0 bridgehead atoms. The van der Waals surface area contributed by atoms with E-state index in [1.807, 2.05) is 0 Å². The Morgan fingerprint density at radius 2 is 2.06 bits per heavy atom. The average Bonchev–Trinajstić information content (AvgIpc) is 2.73. The molecule has 0 saturated heterocycles. The number of ether oxygens (including phenoxy) is 1. The number of rotatable bonds is 3. The predicted octanol–water partition coefficient (Wildman–Crippen LogP) is 3.20. The highest BCUT2D eigenvalue weighted by atomic mass is 19.1. The van der Waals surface area contributed by atoms with Crippen LogP contribution >= 0.6 is 0 Å². The predicted molar refractivity (Wildman–Crippen MR) is 59.9 cm³/mol. The number of benzene rings is 1. The molecule has 1 aliphatic rings. The van der Waals surface area contributed by atoms with Crippen molar-refractivity contribution in [2.24, 2.45) is 0 Å². The van der Waals surface area contributed by atoms with Crippen molar-refractivity contribution in [3.8, 4) is 5.75 Å². The zero-order valence-corrected chi connectivity index (χ0v) is 9.45.